The first kappa shape index (κ1) is 12.7. The number of hydrogen-bond donors (Lipinski definition) is 0. The SMILES string of the molecule is COCC(=O)CN1C(=O)CCc2cc(F)ccc21. The van der Waals surface area contributed by atoms with E-state index in [0.29, 0.717) is 18.5 Å². The Balaban J connectivity index is 2.25. The lowest BCUT2D eigenvalue weighted by atomic mass is 10.0. The molecule has 0 atom stereocenters. The van der Waals surface area contributed by atoms with Gasteiger partial charge in [-0.25, -0.2) is 4.39 Å². The van der Waals surface area contributed by atoms with Gasteiger partial charge >= 0.3 is 0 Å². The number of carbonyl (C=O) groups is 2. The molecule has 4 nitrogen and oxygen atoms in total. The number of rotatable bonds is 4. The molecule has 5 heteroatoms. The number of Topliss-reactive ketones (excluding diaryl/α,β-unsaturated/α-hetero) is 1. The second-order valence-electron chi connectivity index (χ2n) is 4.22. The average molecular weight is 251 g/mol. The molecular formula is C13H14FNO3. The van der Waals surface area contributed by atoms with Gasteiger partial charge in [0, 0.05) is 19.2 Å². The molecule has 1 aromatic carbocycles. The summed E-state index contributed by atoms with van der Waals surface area (Å²) in [5.41, 5.74) is 1.39. The van der Waals surface area contributed by atoms with Gasteiger partial charge < -0.3 is 9.64 Å². The second kappa shape index (κ2) is 5.27. The third-order valence-corrected chi connectivity index (χ3v) is 2.88. The zero-order chi connectivity index (χ0) is 13.1. The van der Waals surface area contributed by atoms with Gasteiger partial charge in [0.05, 0.1) is 6.54 Å². The third kappa shape index (κ3) is 2.56. The van der Waals surface area contributed by atoms with Crippen molar-refractivity contribution >= 4 is 17.4 Å². The number of benzene rings is 1. The summed E-state index contributed by atoms with van der Waals surface area (Å²) in [6, 6.07) is 4.25. The van der Waals surface area contributed by atoms with E-state index >= 15 is 0 Å². The molecule has 0 saturated carbocycles. The van der Waals surface area contributed by atoms with Crippen LogP contribution in [0, 0.1) is 5.82 Å². The maximum Gasteiger partial charge on any atom is 0.227 e. The Labute approximate surface area is 104 Å². The van der Waals surface area contributed by atoms with Gasteiger partial charge in [-0.15, -0.1) is 0 Å². The number of carbonyl (C=O) groups excluding carboxylic acids is 2. The number of hydrogen-bond acceptors (Lipinski definition) is 3. The number of ketones is 1. The molecule has 0 spiro atoms. The van der Waals surface area contributed by atoms with Gasteiger partial charge in [0.2, 0.25) is 5.91 Å². The molecule has 0 unspecified atom stereocenters. The Hall–Kier alpha value is -1.75. The number of halogens is 1. The van der Waals surface area contributed by atoms with Gasteiger partial charge in [0.1, 0.15) is 12.4 Å². The van der Waals surface area contributed by atoms with Crippen molar-refractivity contribution in [3.63, 3.8) is 0 Å². The number of amides is 1. The van der Waals surface area contributed by atoms with Crippen LogP contribution in [-0.2, 0) is 20.7 Å². The average Bonchev–Trinajstić information content (AvgIpc) is 2.33. The molecule has 2 rings (SSSR count). The monoisotopic (exact) mass is 251 g/mol. The van der Waals surface area contributed by atoms with Crippen LogP contribution in [0.2, 0.25) is 0 Å². The molecule has 0 fully saturated rings. The van der Waals surface area contributed by atoms with Crippen molar-refractivity contribution in [1.82, 2.24) is 0 Å². The van der Waals surface area contributed by atoms with E-state index in [-0.39, 0.29) is 30.7 Å². The number of fused-ring (bicyclic) bond motifs is 1. The van der Waals surface area contributed by atoms with Crippen molar-refractivity contribution < 1.29 is 18.7 Å². The lowest BCUT2D eigenvalue weighted by Gasteiger charge is -2.28. The van der Waals surface area contributed by atoms with Crippen molar-refractivity contribution in [2.24, 2.45) is 0 Å². The minimum absolute atomic E-state index is 0.0225. The number of anilines is 1. The van der Waals surface area contributed by atoms with Crippen molar-refractivity contribution in [3.05, 3.63) is 29.6 Å². The van der Waals surface area contributed by atoms with E-state index in [9.17, 15) is 14.0 Å². The molecule has 1 aliphatic heterocycles. The summed E-state index contributed by atoms with van der Waals surface area (Å²) in [7, 11) is 1.43. The molecule has 0 aromatic heterocycles. The fourth-order valence-corrected chi connectivity index (χ4v) is 2.08. The summed E-state index contributed by atoms with van der Waals surface area (Å²) < 4.78 is 17.9. The highest BCUT2D eigenvalue weighted by molar-refractivity contribution is 6.01. The summed E-state index contributed by atoms with van der Waals surface area (Å²) in [4.78, 5) is 24.8. The van der Waals surface area contributed by atoms with Crippen LogP contribution < -0.4 is 4.90 Å². The lowest BCUT2D eigenvalue weighted by Crippen LogP contribution is -2.40. The van der Waals surface area contributed by atoms with E-state index in [1.54, 1.807) is 6.07 Å². The van der Waals surface area contributed by atoms with E-state index in [0.717, 1.165) is 5.56 Å². The molecule has 0 bridgehead atoms. The zero-order valence-electron chi connectivity index (χ0n) is 10.1. The van der Waals surface area contributed by atoms with Gasteiger partial charge in [-0.1, -0.05) is 0 Å². The fraction of sp³-hybridized carbons (Fsp3) is 0.385. The second-order valence-corrected chi connectivity index (χ2v) is 4.22. The number of ether oxygens (including phenoxy) is 1. The van der Waals surface area contributed by atoms with Crippen molar-refractivity contribution in [1.29, 1.82) is 0 Å². The maximum atomic E-state index is 13.1. The van der Waals surface area contributed by atoms with E-state index in [1.165, 1.54) is 24.1 Å². The molecule has 1 amide bonds. The first-order chi connectivity index (χ1) is 8.61. The molecule has 1 aromatic rings. The molecule has 0 saturated heterocycles. The molecular weight excluding hydrogens is 237 g/mol. The van der Waals surface area contributed by atoms with Gasteiger partial charge in [-0.05, 0) is 30.2 Å². The summed E-state index contributed by atoms with van der Waals surface area (Å²) >= 11 is 0. The molecule has 0 aliphatic carbocycles. The maximum absolute atomic E-state index is 13.1. The van der Waals surface area contributed by atoms with Crippen LogP contribution >= 0.6 is 0 Å². The first-order valence-electron chi connectivity index (χ1n) is 5.71. The lowest BCUT2D eigenvalue weighted by molar-refractivity contribution is -0.124. The summed E-state index contributed by atoms with van der Waals surface area (Å²) in [5, 5.41) is 0. The minimum Gasteiger partial charge on any atom is -0.377 e. The van der Waals surface area contributed by atoms with Crippen LogP contribution in [0.5, 0.6) is 0 Å². The molecule has 18 heavy (non-hydrogen) atoms. The predicted molar refractivity (Wildman–Crippen MR) is 64.0 cm³/mol. The predicted octanol–water partition coefficient (Wildman–Crippen LogP) is 1.32. The van der Waals surface area contributed by atoms with E-state index in [2.05, 4.69) is 0 Å². The summed E-state index contributed by atoms with van der Waals surface area (Å²) in [5.74, 6) is -0.618. The Kier molecular flexibility index (Phi) is 3.72. The van der Waals surface area contributed by atoms with Gasteiger partial charge in [-0.2, -0.15) is 0 Å². The standard InChI is InChI=1S/C13H14FNO3/c1-18-8-11(16)7-15-12-4-3-10(14)6-9(12)2-5-13(15)17/h3-4,6H,2,5,7-8H2,1H3. The Bertz CT molecular complexity index is 487. The topological polar surface area (TPSA) is 46.6 Å². The first-order valence-corrected chi connectivity index (χ1v) is 5.71. The Morgan fingerprint density at radius 1 is 1.44 bits per heavy atom. The highest BCUT2D eigenvalue weighted by Gasteiger charge is 2.25. The van der Waals surface area contributed by atoms with Crippen molar-refractivity contribution in [3.8, 4) is 0 Å². The Morgan fingerprint density at radius 3 is 2.94 bits per heavy atom. The fourth-order valence-electron chi connectivity index (χ4n) is 2.08. The van der Waals surface area contributed by atoms with Crippen molar-refractivity contribution in [2.75, 3.05) is 25.2 Å². The van der Waals surface area contributed by atoms with Crippen LogP contribution in [-0.4, -0.2) is 32.0 Å². The number of nitrogens with zero attached hydrogens (tertiary/aromatic N) is 1. The van der Waals surface area contributed by atoms with Gasteiger partial charge in [0.25, 0.3) is 0 Å². The Morgan fingerprint density at radius 2 is 2.22 bits per heavy atom. The highest BCUT2D eigenvalue weighted by atomic mass is 19.1. The van der Waals surface area contributed by atoms with Crippen LogP contribution in [0.4, 0.5) is 10.1 Å². The zero-order valence-corrected chi connectivity index (χ0v) is 10.1. The molecule has 1 heterocycles. The summed E-state index contributed by atoms with van der Waals surface area (Å²) in [6.07, 6.45) is 0.817. The van der Waals surface area contributed by atoms with Crippen LogP contribution in [0.3, 0.4) is 0 Å². The number of aryl methyl sites for hydroxylation is 1. The normalized spacial score (nSPS) is 14.6. The van der Waals surface area contributed by atoms with Crippen LogP contribution in [0.1, 0.15) is 12.0 Å². The van der Waals surface area contributed by atoms with Gasteiger partial charge in [0.15, 0.2) is 5.78 Å². The molecule has 0 N–H and O–H groups in total. The van der Waals surface area contributed by atoms with E-state index in [1.807, 2.05) is 0 Å². The quantitative estimate of drug-likeness (QED) is 0.810. The molecule has 0 radical (unpaired) electrons. The van der Waals surface area contributed by atoms with Crippen LogP contribution in [0.15, 0.2) is 18.2 Å². The van der Waals surface area contributed by atoms with E-state index < -0.39 is 0 Å². The summed E-state index contributed by atoms with van der Waals surface area (Å²) in [6.45, 7) is -0.0500. The highest BCUT2D eigenvalue weighted by Crippen LogP contribution is 2.28. The molecule has 1 aliphatic rings. The van der Waals surface area contributed by atoms with Crippen LogP contribution in [0.25, 0.3) is 0 Å². The smallest absolute Gasteiger partial charge is 0.227 e. The minimum atomic E-state index is -0.328. The number of methoxy groups -OCH3 is 1. The van der Waals surface area contributed by atoms with E-state index in [4.69, 9.17) is 4.74 Å². The largest absolute Gasteiger partial charge is 0.377 e. The molecule has 96 valence electrons. The third-order valence-electron chi connectivity index (χ3n) is 2.88. The van der Waals surface area contributed by atoms with Crippen molar-refractivity contribution in [2.45, 2.75) is 12.8 Å². The van der Waals surface area contributed by atoms with Gasteiger partial charge in [-0.3, -0.25) is 9.59 Å².